The highest BCUT2D eigenvalue weighted by Crippen LogP contribution is 2.27. The Labute approximate surface area is 119 Å². The van der Waals surface area contributed by atoms with E-state index in [1.807, 2.05) is 20.8 Å². The third kappa shape index (κ3) is 5.88. The van der Waals surface area contributed by atoms with Gasteiger partial charge in [0.2, 0.25) is 11.0 Å². The molecule has 0 aromatic carbocycles. The highest BCUT2D eigenvalue weighted by molar-refractivity contribution is 8.02. The van der Waals surface area contributed by atoms with Crippen LogP contribution in [0.2, 0.25) is 0 Å². The zero-order chi connectivity index (χ0) is 14.6. The van der Waals surface area contributed by atoms with E-state index >= 15 is 0 Å². The van der Waals surface area contributed by atoms with E-state index in [0.717, 1.165) is 0 Å². The Morgan fingerprint density at radius 1 is 1.37 bits per heavy atom. The Morgan fingerprint density at radius 2 is 2.00 bits per heavy atom. The minimum absolute atomic E-state index is 0.348. The first-order valence-corrected chi connectivity index (χ1v) is 7.25. The lowest BCUT2D eigenvalue weighted by Crippen LogP contribution is -2.49. The Kier molecular flexibility index (Phi) is 5.12. The molecule has 1 aromatic heterocycles. The van der Waals surface area contributed by atoms with Crippen molar-refractivity contribution in [2.75, 3.05) is 5.73 Å². The molecular formula is C10H17N5O2S2. The van der Waals surface area contributed by atoms with Crippen molar-refractivity contribution in [3.8, 4) is 0 Å². The van der Waals surface area contributed by atoms with E-state index in [0.29, 0.717) is 9.47 Å². The summed E-state index contributed by atoms with van der Waals surface area (Å²) in [5, 5.41) is 12.3. The van der Waals surface area contributed by atoms with Crippen LogP contribution in [0.4, 0.5) is 9.93 Å². The topological polar surface area (TPSA) is 110 Å². The molecule has 1 aromatic rings. The Hall–Kier alpha value is -1.35. The number of carbonyl (C=O) groups is 2. The summed E-state index contributed by atoms with van der Waals surface area (Å²) in [5.74, 6) is -0.388. The zero-order valence-electron chi connectivity index (χ0n) is 11.2. The van der Waals surface area contributed by atoms with Gasteiger partial charge in [-0.2, -0.15) is 0 Å². The monoisotopic (exact) mass is 303 g/mol. The summed E-state index contributed by atoms with van der Waals surface area (Å²) < 4.78 is 0.594. The third-order valence-electron chi connectivity index (χ3n) is 1.79. The van der Waals surface area contributed by atoms with Crippen LogP contribution in [-0.4, -0.2) is 32.9 Å². The molecular weight excluding hydrogens is 286 g/mol. The number of nitrogens with zero attached hydrogens (tertiary/aromatic N) is 2. The first-order chi connectivity index (χ1) is 8.67. The fraction of sp³-hybridized carbons (Fsp3) is 0.600. The molecule has 0 radical (unpaired) electrons. The predicted molar refractivity (Wildman–Crippen MR) is 76.1 cm³/mol. The van der Waals surface area contributed by atoms with Crippen LogP contribution in [0.5, 0.6) is 0 Å². The number of aromatic nitrogens is 2. The van der Waals surface area contributed by atoms with Crippen molar-refractivity contribution in [2.24, 2.45) is 0 Å². The van der Waals surface area contributed by atoms with Gasteiger partial charge in [0.15, 0.2) is 4.34 Å². The largest absolute Gasteiger partial charge is 0.374 e. The average molecular weight is 303 g/mol. The summed E-state index contributed by atoms with van der Waals surface area (Å²) in [6.45, 7) is 7.18. The molecule has 0 saturated carbocycles. The molecule has 0 spiro atoms. The van der Waals surface area contributed by atoms with E-state index in [-0.39, 0.29) is 5.91 Å². The number of nitrogens with two attached hydrogens (primary N) is 1. The zero-order valence-corrected chi connectivity index (χ0v) is 12.8. The summed E-state index contributed by atoms with van der Waals surface area (Å²) in [6.07, 6.45) is 0. The molecule has 0 aliphatic carbocycles. The highest BCUT2D eigenvalue weighted by atomic mass is 32.2. The smallest absolute Gasteiger partial charge is 0.321 e. The lowest BCUT2D eigenvalue weighted by molar-refractivity contribution is -0.119. The van der Waals surface area contributed by atoms with Gasteiger partial charge in [-0.1, -0.05) is 23.1 Å². The minimum Gasteiger partial charge on any atom is -0.374 e. The van der Waals surface area contributed by atoms with Gasteiger partial charge < -0.3 is 11.1 Å². The van der Waals surface area contributed by atoms with Crippen molar-refractivity contribution in [3.63, 3.8) is 0 Å². The van der Waals surface area contributed by atoms with Crippen LogP contribution < -0.4 is 16.4 Å². The van der Waals surface area contributed by atoms with Crippen molar-refractivity contribution < 1.29 is 9.59 Å². The molecule has 0 bridgehead atoms. The van der Waals surface area contributed by atoms with Crippen LogP contribution in [0.25, 0.3) is 0 Å². The van der Waals surface area contributed by atoms with Gasteiger partial charge in [0.05, 0.1) is 5.25 Å². The number of amides is 3. The normalized spacial score (nSPS) is 12.8. The van der Waals surface area contributed by atoms with Crippen LogP contribution in [0.3, 0.4) is 0 Å². The number of rotatable bonds is 3. The lowest BCUT2D eigenvalue weighted by atomic mass is 10.1. The standard InChI is InChI=1S/C10H17N5O2S2/c1-5(18-9-15-14-7(11)19-9)6(16)12-8(17)13-10(2,3)4/h5H,1-4H3,(H2,11,14)(H2,12,13,16,17). The van der Waals surface area contributed by atoms with Crippen molar-refractivity contribution in [3.05, 3.63) is 0 Å². The van der Waals surface area contributed by atoms with E-state index in [2.05, 4.69) is 20.8 Å². The van der Waals surface area contributed by atoms with Crippen LogP contribution in [0.15, 0.2) is 4.34 Å². The van der Waals surface area contributed by atoms with Gasteiger partial charge in [-0.3, -0.25) is 10.1 Å². The second-order valence-corrected chi connectivity index (χ2v) is 7.46. The second kappa shape index (κ2) is 6.20. The van der Waals surface area contributed by atoms with Crippen molar-refractivity contribution in [1.29, 1.82) is 0 Å². The van der Waals surface area contributed by atoms with E-state index in [9.17, 15) is 9.59 Å². The van der Waals surface area contributed by atoms with Crippen LogP contribution >= 0.6 is 23.1 Å². The highest BCUT2D eigenvalue weighted by Gasteiger charge is 2.21. The molecule has 1 heterocycles. The molecule has 106 valence electrons. The van der Waals surface area contributed by atoms with Crippen LogP contribution in [0, 0.1) is 0 Å². The van der Waals surface area contributed by atoms with Gasteiger partial charge in [0.25, 0.3) is 0 Å². The number of hydrogen-bond donors (Lipinski definition) is 3. The number of thioether (sulfide) groups is 1. The average Bonchev–Trinajstić information content (AvgIpc) is 2.60. The molecule has 0 saturated heterocycles. The number of anilines is 1. The summed E-state index contributed by atoms with van der Waals surface area (Å²) in [5.41, 5.74) is 5.05. The molecule has 1 unspecified atom stereocenters. The molecule has 0 fully saturated rings. The molecule has 3 amide bonds. The summed E-state index contributed by atoms with van der Waals surface area (Å²) in [6, 6.07) is -0.512. The van der Waals surface area contributed by atoms with Gasteiger partial charge in [0, 0.05) is 5.54 Å². The van der Waals surface area contributed by atoms with Crippen LogP contribution in [0.1, 0.15) is 27.7 Å². The van der Waals surface area contributed by atoms with Crippen molar-refractivity contribution in [1.82, 2.24) is 20.8 Å². The van der Waals surface area contributed by atoms with Gasteiger partial charge >= 0.3 is 6.03 Å². The first-order valence-electron chi connectivity index (χ1n) is 5.56. The van der Waals surface area contributed by atoms with Gasteiger partial charge in [-0.05, 0) is 27.7 Å². The molecule has 0 aliphatic rings. The molecule has 1 atom stereocenters. The fourth-order valence-electron chi connectivity index (χ4n) is 1.06. The predicted octanol–water partition coefficient (Wildman–Crippen LogP) is 1.23. The van der Waals surface area contributed by atoms with E-state index in [4.69, 9.17) is 5.73 Å². The Morgan fingerprint density at radius 3 is 2.47 bits per heavy atom. The number of imide groups is 1. The summed E-state index contributed by atoms with van der Waals surface area (Å²) in [7, 11) is 0. The minimum atomic E-state index is -0.512. The number of nitrogen functional groups attached to an aromatic ring is 1. The SMILES string of the molecule is CC(Sc1nnc(N)s1)C(=O)NC(=O)NC(C)(C)C. The Bertz CT molecular complexity index is 469. The molecule has 7 nitrogen and oxygen atoms in total. The third-order valence-corrected chi connectivity index (χ3v) is 3.73. The van der Waals surface area contributed by atoms with E-state index in [1.54, 1.807) is 6.92 Å². The fourth-order valence-corrected chi connectivity index (χ4v) is 2.84. The molecule has 9 heteroatoms. The maximum atomic E-state index is 11.8. The molecule has 0 aliphatic heterocycles. The lowest BCUT2D eigenvalue weighted by Gasteiger charge is -2.20. The van der Waals surface area contributed by atoms with E-state index < -0.39 is 16.8 Å². The van der Waals surface area contributed by atoms with Gasteiger partial charge in [0.1, 0.15) is 0 Å². The van der Waals surface area contributed by atoms with Crippen molar-refractivity contribution in [2.45, 2.75) is 42.8 Å². The summed E-state index contributed by atoms with van der Waals surface area (Å²) in [4.78, 5) is 23.3. The van der Waals surface area contributed by atoms with Crippen molar-refractivity contribution >= 4 is 40.2 Å². The second-order valence-electron chi connectivity index (χ2n) is 4.86. The quantitative estimate of drug-likeness (QED) is 0.724. The Balaban J connectivity index is 2.47. The molecule has 4 N–H and O–H groups in total. The number of urea groups is 1. The maximum absolute atomic E-state index is 11.8. The van der Waals surface area contributed by atoms with Crippen LogP contribution in [-0.2, 0) is 4.79 Å². The number of nitrogens with one attached hydrogen (secondary N) is 2. The number of carbonyl (C=O) groups excluding carboxylic acids is 2. The molecule has 1 rings (SSSR count). The van der Waals surface area contributed by atoms with Gasteiger partial charge in [-0.15, -0.1) is 10.2 Å². The number of hydrogen-bond acceptors (Lipinski definition) is 7. The van der Waals surface area contributed by atoms with Gasteiger partial charge in [-0.25, -0.2) is 4.79 Å². The van der Waals surface area contributed by atoms with E-state index in [1.165, 1.54) is 23.1 Å². The maximum Gasteiger partial charge on any atom is 0.321 e. The first kappa shape index (κ1) is 15.7. The molecule has 19 heavy (non-hydrogen) atoms. The summed E-state index contributed by atoms with van der Waals surface area (Å²) >= 11 is 2.41.